The molecular formula is C11H9BrO3S. The summed E-state index contributed by atoms with van der Waals surface area (Å²) in [6.07, 6.45) is 0. The fraction of sp³-hybridized carbons (Fsp3) is 0.182. The van der Waals surface area contributed by atoms with Gasteiger partial charge in [0.2, 0.25) is 0 Å². The van der Waals surface area contributed by atoms with Crippen LogP contribution < -0.4 is 4.74 Å². The SMILES string of the molecule is COC(=O)c1cc2c(Br)cc(OC)cc2s1. The lowest BCUT2D eigenvalue weighted by Crippen LogP contribution is -1.96. The second-order valence-corrected chi connectivity index (χ2v) is 5.06. The third kappa shape index (κ3) is 1.92. The van der Waals surface area contributed by atoms with Crippen molar-refractivity contribution in [3.05, 3.63) is 27.5 Å². The van der Waals surface area contributed by atoms with E-state index in [1.165, 1.54) is 18.4 Å². The van der Waals surface area contributed by atoms with Crippen molar-refractivity contribution in [1.82, 2.24) is 0 Å². The monoisotopic (exact) mass is 300 g/mol. The van der Waals surface area contributed by atoms with Crippen LogP contribution in [0.1, 0.15) is 9.67 Å². The number of methoxy groups -OCH3 is 2. The number of benzene rings is 1. The molecule has 0 unspecified atom stereocenters. The smallest absolute Gasteiger partial charge is 0.348 e. The molecule has 84 valence electrons. The van der Waals surface area contributed by atoms with Crippen LogP contribution in [0.4, 0.5) is 0 Å². The summed E-state index contributed by atoms with van der Waals surface area (Å²) in [5, 5.41) is 0.992. The minimum Gasteiger partial charge on any atom is -0.497 e. The van der Waals surface area contributed by atoms with Crippen molar-refractivity contribution in [2.75, 3.05) is 14.2 Å². The molecule has 1 heterocycles. The van der Waals surface area contributed by atoms with E-state index < -0.39 is 0 Å². The molecule has 0 aliphatic carbocycles. The van der Waals surface area contributed by atoms with E-state index in [4.69, 9.17) is 4.74 Å². The first kappa shape index (κ1) is 11.4. The maximum atomic E-state index is 11.4. The Kier molecular flexibility index (Phi) is 3.16. The van der Waals surface area contributed by atoms with Crippen molar-refractivity contribution < 1.29 is 14.3 Å². The maximum absolute atomic E-state index is 11.4. The number of hydrogen-bond donors (Lipinski definition) is 0. The molecule has 5 heteroatoms. The fourth-order valence-electron chi connectivity index (χ4n) is 1.39. The van der Waals surface area contributed by atoms with Gasteiger partial charge in [0.05, 0.1) is 14.2 Å². The van der Waals surface area contributed by atoms with E-state index in [9.17, 15) is 4.79 Å². The van der Waals surface area contributed by atoms with Gasteiger partial charge in [-0.05, 0) is 34.1 Å². The summed E-state index contributed by atoms with van der Waals surface area (Å²) < 4.78 is 11.7. The van der Waals surface area contributed by atoms with Gasteiger partial charge in [-0.3, -0.25) is 0 Å². The summed E-state index contributed by atoms with van der Waals surface area (Å²) in [6.45, 7) is 0. The zero-order valence-electron chi connectivity index (χ0n) is 8.74. The standard InChI is InChI=1S/C11H9BrO3S/c1-14-6-3-8(12)7-5-10(11(13)15-2)16-9(7)4-6/h3-5H,1-2H3. The van der Waals surface area contributed by atoms with E-state index in [1.807, 2.05) is 18.2 Å². The minimum absolute atomic E-state index is 0.313. The van der Waals surface area contributed by atoms with E-state index in [2.05, 4.69) is 20.7 Å². The lowest BCUT2D eigenvalue weighted by Gasteiger charge is -2.00. The highest BCUT2D eigenvalue weighted by atomic mass is 79.9. The number of ether oxygens (including phenoxy) is 2. The first-order valence-electron chi connectivity index (χ1n) is 4.51. The molecule has 0 aliphatic heterocycles. The summed E-state index contributed by atoms with van der Waals surface area (Å²) >= 11 is 4.84. The molecule has 0 spiro atoms. The van der Waals surface area contributed by atoms with Crippen molar-refractivity contribution in [3.8, 4) is 5.75 Å². The van der Waals surface area contributed by atoms with Gasteiger partial charge in [-0.15, -0.1) is 11.3 Å². The zero-order valence-corrected chi connectivity index (χ0v) is 11.1. The molecule has 0 radical (unpaired) electrons. The molecule has 0 saturated carbocycles. The molecule has 0 atom stereocenters. The van der Waals surface area contributed by atoms with E-state index in [0.717, 1.165) is 20.3 Å². The first-order valence-corrected chi connectivity index (χ1v) is 6.12. The Labute approximate surface area is 105 Å². The molecule has 2 rings (SSSR count). The molecular weight excluding hydrogens is 292 g/mol. The molecule has 2 aromatic rings. The van der Waals surface area contributed by atoms with Crippen LogP contribution in [0.5, 0.6) is 5.75 Å². The average Bonchev–Trinajstić information content (AvgIpc) is 2.72. The van der Waals surface area contributed by atoms with Gasteiger partial charge in [0.25, 0.3) is 0 Å². The number of carbonyl (C=O) groups is 1. The van der Waals surface area contributed by atoms with Crippen LogP contribution in [-0.2, 0) is 4.74 Å². The van der Waals surface area contributed by atoms with Crippen molar-refractivity contribution in [2.45, 2.75) is 0 Å². The Morgan fingerprint density at radius 2 is 2.06 bits per heavy atom. The molecule has 0 saturated heterocycles. The predicted octanol–water partition coefficient (Wildman–Crippen LogP) is 3.46. The molecule has 0 aliphatic rings. The van der Waals surface area contributed by atoms with Gasteiger partial charge in [-0.2, -0.15) is 0 Å². The van der Waals surface area contributed by atoms with E-state index in [-0.39, 0.29) is 5.97 Å². The molecule has 16 heavy (non-hydrogen) atoms. The van der Waals surface area contributed by atoms with Crippen LogP contribution >= 0.6 is 27.3 Å². The number of halogens is 1. The Morgan fingerprint density at radius 3 is 2.69 bits per heavy atom. The average molecular weight is 301 g/mol. The summed E-state index contributed by atoms with van der Waals surface area (Å²) in [5.41, 5.74) is 0. The van der Waals surface area contributed by atoms with Crippen molar-refractivity contribution in [2.24, 2.45) is 0 Å². The van der Waals surface area contributed by atoms with E-state index >= 15 is 0 Å². The highest BCUT2D eigenvalue weighted by Gasteiger charge is 2.12. The Hall–Kier alpha value is -1.07. The van der Waals surface area contributed by atoms with Gasteiger partial charge < -0.3 is 9.47 Å². The highest BCUT2D eigenvalue weighted by Crippen LogP contribution is 2.35. The van der Waals surface area contributed by atoms with Gasteiger partial charge in [-0.1, -0.05) is 0 Å². The third-order valence-electron chi connectivity index (χ3n) is 2.18. The van der Waals surface area contributed by atoms with Crippen LogP contribution in [-0.4, -0.2) is 20.2 Å². The number of carbonyl (C=O) groups excluding carboxylic acids is 1. The van der Waals surface area contributed by atoms with Gasteiger partial charge in [-0.25, -0.2) is 4.79 Å². The van der Waals surface area contributed by atoms with Crippen LogP contribution in [0.15, 0.2) is 22.7 Å². The number of thiophene rings is 1. The lowest BCUT2D eigenvalue weighted by atomic mass is 10.2. The van der Waals surface area contributed by atoms with Gasteiger partial charge in [0.1, 0.15) is 10.6 Å². The van der Waals surface area contributed by atoms with Crippen LogP contribution in [0, 0.1) is 0 Å². The maximum Gasteiger partial charge on any atom is 0.348 e. The van der Waals surface area contributed by atoms with E-state index in [1.54, 1.807) is 7.11 Å². The summed E-state index contributed by atoms with van der Waals surface area (Å²) in [5.74, 6) is 0.449. The Balaban J connectivity index is 2.61. The summed E-state index contributed by atoms with van der Waals surface area (Å²) in [7, 11) is 2.99. The van der Waals surface area contributed by atoms with E-state index in [0.29, 0.717) is 4.88 Å². The molecule has 0 bridgehead atoms. The second-order valence-electron chi connectivity index (χ2n) is 3.12. The van der Waals surface area contributed by atoms with Gasteiger partial charge in [0.15, 0.2) is 0 Å². The van der Waals surface area contributed by atoms with Crippen molar-refractivity contribution in [1.29, 1.82) is 0 Å². The molecule has 0 amide bonds. The largest absolute Gasteiger partial charge is 0.497 e. The quantitative estimate of drug-likeness (QED) is 0.797. The fourth-order valence-corrected chi connectivity index (χ4v) is 3.11. The number of esters is 1. The first-order chi connectivity index (χ1) is 7.65. The topological polar surface area (TPSA) is 35.5 Å². The zero-order chi connectivity index (χ0) is 11.7. The minimum atomic E-state index is -0.313. The molecule has 1 aromatic heterocycles. The predicted molar refractivity (Wildman–Crippen MR) is 67.4 cm³/mol. The lowest BCUT2D eigenvalue weighted by molar-refractivity contribution is 0.0606. The summed E-state index contributed by atoms with van der Waals surface area (Å²) in [6, 6.07) is 5.59. The molecule has 1 aromatic carbocycles. The van der Waals surface area contributed by atoms with Crippen molar-refractivity contribution in [3.63, 3.8) is 0 Å². The summed E-state index contributed by atoms with van der Waals surface area (Å²) in [4.78, 5) is 12.0. The Morgan fingerprint density at radius 1 is 1.31 bits per heavy atom. The molecule has 0 N–H and O–H groups in total. The second kappa shape index (κ2) is 4.43. The van der Waals surface area contributed by atoms with Crippen molar-refractivity contribution >= 4 is 43.3 Å². The third-order valence-corrected chi connectivity index (χ3v) is 3.90. The Bertz CT molecular complexity index is 547. The van der Waals surface area contributed by atoms with Gasteiger partial charge >= 0.3 is 5.97 Å². The van der Waals surface area contributed by atoms with Crippen LogP contribution in [0.3, 0.4) is 0 Å². The van der Waals surface area contributed by atoms with Crippen LogP contribution in [0.2, 0.25) is 0 Å². The molecule has 3 nitrogen and oxygen atoms in total. The number of fused-ring (bicyclic) bond motifs is 1. The number of rotatable bonds is 2. The number of hydrogen-bond acceptors (Lipinski definition) is 4. The molecule has 0 fully saturated rings. The van der Waals surface area contributed by atoms with Crippen LogP contribution in [0.25, 0.3) is 10.1 Å². The van der Waals surface area contributed by atoms with Gasteiger partial charge in [0, 0.05) is 14.6 Å². The highest BCUT2D eigenvalue weighted by molar-refractivity contribution is 9.10. The normalized spacial score (nSPS) is 10.4.